The first-order chi connectivity index (χ1) is 16.8. The summed E-state index contributed by atoms with van der Waals surface area (Å²) in [6.07, 6.45) is 4.48. The molecule has 0 radical (unpaired) electrons. The molecule has 2 aromatic carbocycles. The summed E-state index contributed by atoms with van der Waals surface area (Å²) in [5, 5.41) is 5.79. The van der Waals surface area contributed by atoms with E-state index in [2.05, 4.69) is 30.1 Å². The van der Waals surface area contributed by atoms with Gasteiger partial charge in [0, 0.05) is 29.2 Å². The minimum Gasteiger partial charge on any atom is -0.489 e. The number of rotatable bonds is 6. The summed E-state index contributed by atoms with van der Waals surface area (Å²) in [5.41, 5.74) is 4.92. The highest BCUT2D eigenvalue weighted by Crippen LogP contribution is 2.37. The number of para-hydroxylation sites is 1. The summed E-state index contributed by atoms with van der Waals surface area (Å²) in [6.45, 7) is 4.50. The molecule has 0 saturated carbocycles. The normalized spacial score (nSPS) is 16.7. The largest absolute Gasteiger partial charge is 0.489 e. The van der Waals surface area contributed by atoms with Gasteiger partial charge in [0.2, 0.25) is 0 Å². The Morgan fingerprint density at radius 1 is 1.14 bits per heavy atom. The Hall–Kier alpha value is -3.74. The average molecular weight is 475 g/mol. The maximum atomic E-state index is 13.0. The third-order valence-corrected chi connectivity index (χ3v) is 6.83. The van der Waals surface area contributed by atoms with Crippen LogP contribution >= 0.6 is 0 Å². The van der Waals surface area contributed by atoms with Crippen LogP contribution in [0.15, 0.2) is 52.8 Å². The number of hydrogen-bond donors (Lipinski definition) is 2. The predicted octanol–water partition coefficient (Wildman–Crippen LogP) is 4.52. The van der Waals surface area contributed by atoms with Crippen molar-refractivity contribution in [3.05, 3.63) is 86.3 Å². The molecule has 35 heavy (non-hydrogen) atoms. The highest BCUT2D eigenvalue weighted by atomic mass is 16.5. The Morgan fingerprint density at radius 2 is 1.97 bits per heavy atom. The van der Waals surface area contributed by atoms with Crippen LogP contribution in [0.4, 0.5) is 0 Å². The molecular weight excluding hydrogens is 444 g/mol. The van der Waals surface area contributed by atoms with Gasteiger partial charge >= 0.3 is 5.97 Å². The molecule has 0 spiro atoms. The molecule has 1 aromatic heterocycles. The second-order valence-electron chi connectivity index (χ2n) is 9.83. The van der Waals surface area contributed by atoms with Crippen molar-refractivity contribution in [3.63, 3.8) is 0 Å². The van der Waals surface area contributed by atoms with E-state index in [1.165, 1.54) is 12.7 Å². The van der Waals surface area contributed by atoms with Gasteiger partial charge in [-0.1, -0.05) is 30.3 Å². The number of carbonyl (C=O) groups is 1. The van der Waals surface area contributed by atoms with Gasteiger partial charge in [0.05, 0.1) is 13.5 Å². The average Bonchev–Trinajstić information content (AvgIpc) is 3.21. The minimum atomic E-state index is -0.470. The van der Waals surface area contributed by atoms with Gasteiger partial charge in [-0.15, -0.1) is 0 Å². The van der Waals surface area contributed by atoms with Gasteiger partial charge in [0.25, 0.3) is 5.56 Å². The lowest BCUT2D eigenvalue weighted by atomic mass is 9.85. The van der Waals surface area contributed by atoms with Crippen molar-refractivity contribution < 1.29 is 19.0 Å². The van der Waals surface area contributed by atoms with Crippen LogP contribution in [0.5, 0.6) is 11.5 Å². The van der Waals surface area contributed by atoms with E-state index in [1.54, 1.807) is 0 Å². The molecular formula is C28H30N2O5. The molecule has 0 bridgehead atoms. The maximum Gasteiger partial charge on any atom is 0.306 e. The molecule has 0 fully saturated rings. The molecule has 0 saturated heterocycles. The van der Waals surface area contributed by atoms with Crippen LogP contribution < -0.4 is 15.0 Å². The molecule has 5 rings (SSSR count). The van der Waals surface area contributed by atoms with Crippen molar-refractivity contribution in [2.24, 2.45) is 0 Å². The number of benzene rings is 2. The first-order valence-electron chi connectivity index (χ1n) is 11.9. The quantitative estimate of drug-likeness (QED) is 0.513. The van der Waals surface area contributed by atoms with E-state index in [1.807, 2.05) is 42.5 Å². The van der Waals surface area contributed by atoms with E-state index in [0.29, 0.717) is 18.6 Å². The fraction of sp³-hybridized carbons (Fsp3) is 0.357. The van der Waals surface area contributed by atoms with Crippen molar-refractivity contribution in [2.75, 3.05) is 13.7 Å². The minimum absolute atomic E-state index is 0.0505. The number of aromatic amines is 2. The standard InChI is InChI=1S/C28H30N2O5/c1-28(2)11-10-19-12-17(8-9-24(19)35-28)13-22-26(27(32)30-29-22)21(15-25(31)33-3)20-14-18-6-4-5-7-23(18)34-16-20/h4-9,12,14,21H,10-11,13,15-16H2,1-3H3,(H2,29,30,32)/t21-/m0/s1. The number of hydrogen-bond acceptors (Lipinski definition) is 5. The van der Waals surface area contributed by atoms with E-state index in [9.17, 15) is 9.59 Å². The molecule has 2 aliphatic heterocycles. The summed E-state index contributed by atoms with van der Waals surface area (Å²) < 4.78 is 17.0. The first kappa shape index (κ1) is 23.0. The molecule has 2 aliphatic rings. The van der Waals surface area contributed by atoms with Crippen molar-refractivity contribution >= 4 is 12.0 Å². The third-order valence-electron chi connectivity index (χ3n) is 6.83. The van der Waals surface area contributed by atoms with E-state index in [4.69, 9.17) is 14.2 Å². The van der Waals surface area contributed by atoms with E-state index in [-0.39, 0.29) is 23.6 Å². The monoisotopic (exact) mass is 474 g/mol. The number of fused-ring (bicyclic) bond motifs is 2. The lowest BCUT2D eigenvalue weighted by molar-refractivity contribution is -0.140. The SMILES string of the molecule is COC(=O)C[C@@H](C1=Cc2ccccc2OC1)c1c(Cc2ccc3c(c2)CCC(C)(C)O3)[nH][nH]c1=O. The maximum absolute atomic E-state index is 13.0. The number of aryl methyl sites for hydroxylation is 1. The van der Waals surface area contributed by atoms with Gasteiger partial charge in [-0.3, -0.25) is 14.7 Å². The predicted molar refractivity (Wildman–Crippen MR) is 133 cm³/mol. The molecule has 2 N–H and O–H groups in total. The second-order valence-corrected chi connectivity index (χ2v) is 9.83. The van der Waals surface area contributed by atoms with E-state index < -0.39 is 5.92 Å². The van der Waals surface area contributed by atoms with Crippen LogP contribution in [0.3, 0.4) is 0 Å². The van der Waals surface area contributed by atoms with Crippen molar-refractivity contribution in [1.29, 1.82) is 0 Å². The molecule has 3 heterocycles. The summed E-state index contributed by atoms with van der Waals surface area (Å²) in [7, 11) is 1.36. The molecule has 0 aliphatic carbocycles. The van der Waals surface area contributed by atoms with Gasteiger partial charge in [0.1, 0.15) is 23.7 Å². The molecule has 0 unspecified atom stereocenters. The summed E-state index contributed by atoms with van der Waals surface area (Å²) >= 11 is 0. The molecule has 3 aromatic rings. The van der Waals surface area contributed by atoms with Crippen molar-refractivity contribution in [3.8, 4) is 11.5 Å². The fourth-order valence-corrected chi connectivity index (χ4v) is 4.94. The highest BCUT2D eigenvalue weighted by Gasteiger charge is 2.30. The van der Waals surface area contributed by atoms with E-state index >= 15 is 0 Å². The Balaban J connectivity index is 1.49. The fourth-order valence-electron chi connectivity index (χ4n) is 4.94. The van der Waals surface area contributed by atoms with Crippen LogP contribution in [-0.2, 0) is 22.4 Å². The lowest BCUT2D eigenvalue weighted by Crippen LogP contribution is -2.32. The first-order valence-corrected chi connectivity index (χ1v) is 11.9. The zero-order chi connectivity index (χ0) is 24.6. The zero-order valence-corrected chi connectivity index (χ0v) is 20.3. The number of H-pyrrole nitrogens is 2. The van der Waals surface area contributed by atoms with Crippen LogP contribution in [-0.4, -0.2) is 35.5 Å². The van der Waals surface area contributed by atoms with Gasteiger partial charge in [-0.2, -0.15) is 0 Å². The van der Waals surface area contributed by atoms with Gasteiger partial charge in [-0.05, 0) is 61.6 Å². The number of methoxy groups -OCH3 is 1. The smallest absolute Gasteiger partial charge is 0.306 e. The Kier molecular flexibility index (Phi) is 6.01. The Morgan fingerprint density at radius 3 is 2.80 bits per heavy atom. The second kappa shape index (κ2) is 9.13. The van der Waals surface area contributed by atoms with Gasteiger partial charge in [0.15, 0.2) is 0 Å². The number of esters is 1. The topological polar surface area (TPSA) is 93.4 Å². The van der Waals surface area contributed by atoms with Crippen molar-refractivity contribution in [1.82, 2.24) is 10.2 Å². The molecule has 1 atom stereocenters. The molecule has 0 amide bonds. The summed E-state index contributed by atoms with van der Waals surface area (Å²) in [5.74, 6) is 0.854. The number of carbonyl (C=O) groups excluding carboxylic acids is 1. The summed E-state index contributed by atoms with van der Waals surface area (Å²) in [4.78, 5) is 25.4. The van der Waals surface area contributed by atoms with Crippen LogP contribution in [0, 0.1) is 0 Å². The molecule has 7 heteroatoms. The highest BCUT2D eigenvalue weighted by molar-refractivity contribution is 5.73. The summed E-state index contributed by atoms with van der Waals surface area (Å²) in [6, 6.07) is 13.9. The lowest BCUT2D eigenvalue weighted by Gasteiger charge is -2.32. The van der Waals surface area contributed by atoms with Crippen LogP contribution in [0.1, 0.15) is 60.6 Å². The number of nitrogens with one attached hydrogen (secondary N) is 2. The number of aromatic nitrogens is 2. The number of ether oxygens (including phenoxy) is 3. The Bertz CT molecular complexity index is 1350. The van der Waals surface area contributed by atoms with Gasteiger partial charge in [-0.25, -0.2) is 0 Å². The van der Waals surface area contributed by atoms with E-state index in [0.717, 1.165) is 46.7 Å². The third kappa shape index (κ3) is 4.76. The van der Waals surface area contributed by atoms with Crippen LogP contribution in [0.25, 0.3) is 6.08 Å². The molecule has 7 nitrogen and oxygen atoms in total. The van der Waals surface area contributed by atoms with Crippen molar-refractivity contribution in [2.45, 2.75) is 51.0 Å². The zero-order valence-electron chi connectivity index (χ0n) is 20.3. The van der Waals surface area contributed by atoms with Crippen LogP contribution in [0.2, 0.25) is 0 Å². The molecule has 182 valence electrons. The van der Waals surface area contributed by atoms with Gasteiger partial charge < -0.3 is 19.3 Å². The Labute approximate surface area is 204 Å².